The minimum absolute atomic E-state index is 0.0627. The zero-order chi connectivity index (χ0) is 22.0. The van der Waals surface area contributed by atoms with Gasteiger partial charge in [-0.05, 0) is 38.0 Å². The number of halogens is 1. The molecule has 8 heteroatoms. The number of nitrogen functional groups attached to an aromatic ring is 1. The number of carbonyl (C=O) groups excluding carboxylic acids is 1. The van der Waals surface area contributed by atoms with E-state index in [-0.39, 0.29) is 23.0 Å². The van der Waals surface area contributed by atoms with Crippen LogP contribution in [0.3, 0.4) is 0 Å². The third-order valence-corrected chi connectivity index (χ3v) is 5.66. The van der Waals surface area contributed by atoms with Crippen LogP contribution in [0, 0.1) is 12.7 Å². The van der Waals surface area contributed by atoms with E-state index in [9.17, 15) is 9.18 Å². The maximum atomic E-state index is 13.8. The summed E-state index contributed by atoms with van der Waals surface area (Å²) in [6.45, 7) is 5.14. The molecule has 0 bridgehead atoms. The highest BCUT2D eigenvalue weighted by molar-refractivity contribution is 5.94. The molecule has 1 aliphatic rings. The monoisotopic (exact) mass is 421 g/mol. The highest BCUT2D eigenvalue weighted by Crippen LogP contribution is 2.35. The van der Waals surface area contributed by atoms with Crippen LogP contribution in [-0.4, -0.2) is 38.8 Å². The smallest absolute Gasteiger partial charge is 0.254 e. The first-order valence-electron chi connectivity index (χ1n) is 10.1. The molecule has 1 aromatic carbocycles. The van der Waals surface area contributed by atoms with Crippen LogP contribution in [0.1, 0.15) is 41.6 Å². The summed E-state index contributed by atoms with van der Waals surface area (Å²) in [5, 5.41) is 0. The molecule has 0 aliphatic carbocycles. The van der Waals surface area contributed by atoms with Gasteiger partial charge in [-0.1, -0.05) is 19.1 Å². The Kier molecular flexibility index (Phi) is 5.54. The van der Waals surface area contributed by atoms with Crippen molar-refractivity contribution in [3.8, 4) is 11.6 Å². The van der Waals surface area contributed by atoms with Gasteiger partial charge in [0.05, 0.1) is 5.69 Å². The summed E-state index contributed by atoms with van der Waals surface area (Å²) in [4.78, 5) is 27.7. The fourth-order valence-electron chi connectivity index (χ4n) is 3.78. The van der Waals surface area contributed by atoms with Gasteiger partial charge in [0, 0.05) is 42.4 Å². The first-order valence-corrected chi connectivity index (χ1v) is 10.1. The number of ether oxygens (including phenoxy) is 1. The highest BCUT2D eigenvalue weighted by atomic mass is 19.1. The molecule has 2 N–H and O–H groups in total. The molecular formula is C23H24FN5O2. The fraction of sp³-hybridized carbons (Fsp3) is 0.304. The number of pyridine rings is 1. The van der Waals surface area contributed by atoms with Gasteiger partial charge in [0.15, 0.2) is 11.6 Å². The minimum atomic E-state index is -0.489. The molecule has 7 nitrogen and oxygen atoms in total. The number of para-hydroxylation sites is 1. The summed E-state index contributed by atoms with van der Waals surface area (Å²) >= 11 is 0. The van der Waals surface area contributed by atoms with Crippen molar-refractivity contribution < 1.29 is 13.9 Å². The van der Waals surface area contributed by atoms with E-state index in [0.717, 1.165) is 18.5 Å². The lowest BCUT2D eigenvalue weighted by Gasteiger charge is -2.39. The molecule has 160 valence electrons. The maximum absolute atomic E-state index is 13.8. The molecule has 1 aliphatic heterocycles. The van der Waals surface area contributed by atoms with Crippen LogP contribution in [-0.2, 0) is 5.41 Å². The molecule has 31 heavy (non-hydrogen) atoms. The van der Waals surface area contributed by atoms with E-state index in [1.807, 2.05) is 13.0 Å². The van der Waals surface area contributed by atoms with Gasteiger partial charge in [-0.25, -0.2) is 19.3 Å². The zero-order valence-corrected chi connectivity index (χ0v) is 17.5. The topological polar surface area (TPSA) is 94.2 Å². The summed E-state index contributed by atoms with van der Waals surface area (Å²) in [5.41, 5.74) is 7.09. The molecule has 1 saturated heterocycles. The minimum Gasteiger partial charge on any atom is -0.436 e. The van der Waals surface area contributed by atoms with E-state index < -0.39 is 5.82 Å². The Bertz CT molecular complexity index is 1090. The van der Waals surface area contributed by atoms with Crippen LogP contribution in [0.2, 0.25) is 0 Å². The van der Waals surface area contributed by atoms with E-state index in [4.69, 9.17) is 10.5 Å². The average Bonchev–Trinajstić information content (AvgIpc) is 2.75. The number of piperidine rings is 1. The van der Waals surface area contributed by atoms with Gasteiger partial charge in [-0.3, -0.25) is 4.79 Å². The van der Waals surface area contributed by atoms with E-state index in [1.165, 1.54) is 24.4 Å². The Morgan fingerprint density at radius 3 is 2.61 bits per heavy atom. The van der Waals surface area contributed by atoms with Crippen molar-refractivity contribution in [1.29, 1.82) is 0 Å². The number of benzene rings is 1. The normalized spacial score (nSPS) is 15.5. The predicted molar refractivity (Wildman–Crippen MR) is 114 cm³/mol. The molecule has 0 spiro atoms. The molecule has 0 atom stereocenters. The second-order valence-electron chi connectivity index (χ2n) is 7.99. The lowest BCUT2D eigenvalue weighted by atomic mass is 9.77. The van der Waals surface area contributed by atoms with Crippen molar-refractivity contribution in [2.45, 2.75) is 32.1 Å². The first-order chi connectivity index (χ1) is 14.8. The Morgan fingerprint density at radius 1 is 1.16 bits per heavy atom. The standard InChI is InChI=1S/C23H24FN5O2/c1-15-27-19(14-20(25)28-15)23(2)8-11-29(12-9-23)22(30)16-7-10-26-21(13-16)31-18-6-4-3-5-17(18)24/h3-7,10,13-14H,8-9,11-12H2,1-2H3,(H2,25,27,28). The molecule has 1 amide bonds. The second kappa shape index (κ2) is 8.29. The molecular weight excluding hydrogens is 397 g/mol. The molecule has 3 aromatic rings. The fourth-order valence-corrected chi connectivity index (χ4v) is 3.78. The number of hydrogen-bond acceptors (Lipinski definition) is 6. The average molecular weight is 421 g/mol. The number of carbonyl (C=O) groups is 1. The highest BCUT2D eigenvalue weighted by Gasteiger charge is 2.35. The van der Waals surface area contributed by atoms with Crippen LogP contribution in [0.4, 0.5) is 10.2 Å². The lowest BCUT2D eigenvalue weighted by Crippen LogP contribution is -2.44. The van der Waals surface area contributed by atoms with E-state index in [2.05, 4.69) is 21.9 Å². The van der Waals surface area contributed by atoms with Crippen LogP contribution >= 0.6 is 0 Å². The van der Waals surface area contributed by atoms with Gasteiger partial charge in [-0.15, -0.1) is 0 Å². The Labute approximate surface area is 180 Å². The summed E-state index contributed by atoms with van der Waals surface area (Å²) in [6, 6.07) is 11.1. The van der Waals surface area contributed by atoms with Crippen molar-refractivity contribution in [1.82, 2.24) is 19.9 Å². The molecule has 1 fully saturated rings. The molecule has 4 rings (SSSR count). The van der Waals surface area contributed by atoms with Gasteiger partial charge in [0.2, 0.25) is 5.88 Å². The number of rotatable bonds is 4. The number of nitrogens with zero attached hydrogens (tertiary/aromatic N) is 4. The van der Waals surface area contributed by atoms with Crippen molar-refractivity contribution in [2.75, 3.05) is 18.8 Å². The molecule has 0 saturated carbocycles. The van der Waals surface area contributed by atoms with Crippen LogP contribution in [0.5, 0.6) is 11.6 Å². The maximum Gasteiger partial charge on any atom is 0.254 e. The predicted octanol–water partition coefficient (Wildman–Crippen LogP) is 3.89. The Morgan fingerprint density at radius 2 is 1.90 bits per heavy atom. The SMILES string of the molecule is Cc1nc(N)cc(C2(C)CCN(C(=O)c3ccnc(Oc4ccccc4F)c3)CC2)n1. The number of aromatic nitrogens is 3. The summed E-state index contributed by atoms with van der Waals surface area (Å²) < 4.78 is 19.4. The van der Waals surface area contributed by atoms with Crippen LogP contribution in [0.15, 0.2) is 48.7 Å². The van der Waals surface area contributed by atoms with Gasteiger partial charge in [0.1, 0.15) is 11.6 Å². The third kappa shape index (κ3) is 4.47. The van der Waals surface area contributed by atoms with Gasteiger partial charge < -0.3 is 15.4 Å². The second-order valence-corrected chi connectivity index (χ2v) is 7.99. The first kappa shape index (κ1) is 20.7. The lowest BCUT2D eigenvalue weighted by molar-refractivity contribution is 0.0673. The van der Waals surface area contributed by atoms with Crippen LogP contribution < -0.4 is 10.5 Å². The summed E-state index contributed by atoms with van der Waals surface area (Å²) in [5.74, 6) is 0.742. The Balaban J connectivity index is 1.46. The number of amides is 1. The number of anilines is 1. The molecule has 3 heterocycles. The molecule has 2 aromatic heterocycles. The van der Waals surface area contributed by atoms with E-state index >= 15 is 0 Å². The zero-order valence-electron chi connectivity index (χ0n) is 17.5. The number of nitrogens with two attached hydrogens (primary N) is 1. The molecule has 0 radical (unpaired) electrons. The van der Waals surface area contributed by atoms with Crippen molar-refractivity contribution >= 4 is 11.7 Å². The van der Waals surface area contributed by atoms with Crippen molar-refractivity contribution in [2.24, 2.45) is 0 Å². The van der Waals surface area contributed by atoms with Crippen molar-refractivity contribution in [3.63, 3.8) is 0 Å². The van der Waals surface area contributed by atoms with Crippen molar-refractivity contribution in [3.05, 3.63) is 71.6 Å². The van der Waals surface area contributed by atoms with Gasteiger partial charge >= 0.3 is 0 Å². The number of aryl methyl sites for hydroxylation is 1. The summed E-state index contributed by atoms with van der Waals surface area (Å²) in [7, 11) is 0. The van der Waals surface area contributed by atoms with Gasteiger partial charge in [0.25, 0.3) is 5.91 Å². The van der Waals surface area contributed by atoms with Gasteiger partial charge in [-0.2, -0.15) is 0 Å². The van der Waals surface area contributed by atoms with E-state index in [0.29, 0.717) is 30.3 Å². The van der Waals surface area contributed by atoms with Crippen LogP contribution in [0.25, 0.3) is 0 Å². The quantitative estimate of drug-likeness (QED) is 0.687. The largest absolute Gasteiger partial charge is 0.436 e. The summed E-state index contributed by atoms with van der Waals surface area (Å²) in [6.07, 6.45) is 3.01. The Hall–Kier alpha value is -3.55. The molecule has 0 unspecified atom stereocenters. The third-order valence-electron chi connectivity index (χ3n) is 5.66. The number of likely N-dealkylation sites (tertiary alicyclic amines) is 1. The number of hydrogen-bond donors (Lipinski definition) is 1. The van der Waals surface area contributed by atoms with E-state index in [1.54, 1.807) is 23.1 Å².